The molecule has 6 heteroatoms. The number of methoxy groups -OCH3 is 1. The number of carbonyl (C=O) groups is 1. The maximum Gasteiger partial charge on any atom is 0.260 e. The normalized spacial score (nSPS) is 14.8. The molecule has 0 radical (unpaired) electrons. The second kappa shape index (κ2) is 8.78. The van der Waals surface area contributed by atoms with E-state index < -0.39 is 0 Å². The van der Waals surface area contributed by atoms with Crippen molar-refractivity contribution in [2.45, 2.75) is 33.2 Å². The SMILES string of the molecule is COc1ccc(OCC(=O)N2CCC(Cn3cnc4cc(C)c(C)cc43)CC2)cc1. The van der Waals surface area contributed by atoms with Crippen molar-refractivity contribution in [1.82, 2.24) is 14.5 Å². The largest absolute Gasteiger partial charge is 0.497 e. The Morgan fingerprint density at radius 3 is 2.43 bits per heavy atom. The fraction of sp³-hybridized carbons (Fsp3) is 0.417. The van der Waals surface area contributed by atoms with Gasteiger partial charge in [-0.15, -0.1) is 0 Å². The molecule has 0 saturated carbocycles. The first kappa shape index (κ1) is 20.3. The average Bonchev–Trinajstić information content (AvgIpc) is 3.14. The van der Waals surface area contributed by atoms with Crippen molar-refractivity contribution in [3.05, 3.63) is 53.9 Å². The Balaban J connectivity index is 1.28. The van der Waals surface area contributed by atoms with E-state index in [9.17, 15) is 4.79 Å². The number of nitrogens with zero attached hydrogens (tertiary/aromatic N) is 3. The third kappa shape index (κ3) is 4.42. The first-order valence-corrected chi connectivity index (χ1v) is 10.5. The molecule has 30 heavy (non-hydrogen) atoms. The van der Waals surface area contributed by atoms with Crippen LogP contribution >= 0.6 is 0 Å². The molecule has 1 aromatic heterocycles. The molecular formula is C24H29N3O3. The van der Waals surface area contributed by atoms with Gasteiger partial charge < -0.3 is 18.9 Å². The molecule has 0 unspecified atom stereocenters. The van der Waals surface area contributed by atoms with Gasteiger partial charge in [0.25, 0.3) is 5.91 Å². The second-order valence-electron chi connectivity index (χ2n) is 8.11. The van der Waals surface area contributed by atoms with E-state index in [0.29, 0.717) is 11.7 Å². The molecule has 1 aliphatic rings. The molecule has 0 atom stereocenters. The molecule has 6 nitrogen and oxygen atoms in total. The minimum absolute atomic E-state index is 0.0449. The number of benzene rings is 2. The molecule has 1 saturated heterocycles. The molecule has 2 aromatic carbocycles. The zero-order valence-electron chi connectivity index (χ0n) is 17.9. The Morgan fingerprint density at radius 1 is 1.07 bits per heavy atom. The molecule has 1 fully saturated rings. The van der Waals surface area contributed by atoms with E-state index in [2.05, 4.69) is 35.5 Å². The van der Waals surface area contributed by atoms with Crippen LogP contribution in [0.2, 0.25) is 0 Å². The van der Waals surface area contributed by atoms with E-state index in [1.807, 2.05) is 35.5 Å². The van der Waals surface area contributed by atoms with Crippen LogP contribution in [0, 0.1) is 19.8 Å². The van der Waals surface area contributed by atoms with Crippen molar-refractivity contribution in [3.8, 4) is 11.5 Å². The molecule has 4 rings (SSSR count). The molecule has 0 spiro atoms. The number of aryl methyl sites for hydroxylation is 2. The predicted octanol–water partition coefficient (Wildman–Crippen LogP) is 3.98. The summed E-state index contributed by atoms with van der Waals surface area (Å²) in [6, 6.07) is 11.7. The van der Waals surface area contributed by atoms with Crippen LogP contribution in [0.1, 0.15) is 24.0 Å². The van der Waals surface area contributed by atoms with Crippen LogP contribution in [-0.4, -0.2) is 47.2 Å². The number of imidazole rings is 1. The van der Waals surface area contributed by atoms with Gasteiger partial charge in [-0.25, -0.2) is 4.98 Å². The molecule has 158 valence electrons. The number of fused-ring (bicyclic) bond motifs is 1. The Kier molecular flexibility index (Phi) is 5.93. The first-order chi connectivity index (χ1) is 14.5. The van der Waals surface area contributed by atoms with Gasteiger partial charge in [0.05, 0.1) is 24.5 Å². The fourth-order valence-electron chi connectivity index (χ4n) is 4.01. The summed E-state index contributed by atoms with van der Waals surface area (Å²) in [6.45, 7) is 6.84. The van der Waals surface area contributed by atoms with Crippen LogP contribution in [0.3, 0.4) is 0 Å². The lowest BCUT2D eigenvalue weighted by molar-refractivity contribution is -0.134. The first-order valence-electron chi connectivity index (χ1n) is 10.5. The molecule has 3 aromatic rings. The minimum atomic E-state index is 0.0449. The van der Waals surface area contributed by atoms with Gasteiger partial charge in [0.15, 0.2) is 6.61 Å². The molecular weight excluding hydrogens is 378 g/mol. The number of hydrogen-bond acceptors (Lipinski definition) is 4. The molecule has 0 aliphatic carbocycles. The average molecular weight is 408 g/mol. The molecule has 0 bridgehead atoms. The maximum atomic E-state index is 12.5. The van der Waals surface area contributed by atoms with Crippen molar-refractivity contribution in [3.63, 3.8) is 0 Å². The highest BCUT2D eigenvalue weighted by Gasteiger charge is 2.23. The number of piperidine rings is 1. The summed E-state index contributed by atoms with van der Waals surface area (Å²) in [5.74, 6) is 2.04. The number of rotatable bonds is 6. The van der Waals surface area contributed by atoms with E-state index in [-0.39, 0.29) is 12.5 Å². The van der Waals surface area contributed by atoms with Crippen LogP contribution in [0.5, 0.6) is 11.5 Å². The lowest BCUT2D eigenvalue weighted by atomic mass is 9.96. The van der Waals surface area contributed by atoms with Gasteiger partial charge >= 0.3 is 0 Å². The third-order valence-electron chi connectivity index (χ3n) is 6.08. The summed E-state index contributed by atoms with van der Waals surface area (Å²) >= 11 is 0. The highest BCUT2D eigenvalue weighted by atomic mass is 16.5. The number of aromatic nitrogens is 2. The summed E-state index contributed by atoms with van der Waals surface area (Å²) in [5.41, 5.74) is 4.82. The Labute approximate surface area is 177 Å². The van der Waals surface area contributed by atoms with Gasteiger partial charge in [-0.3, -0.25) is 4.79 Å². The smallest absolute Gasteiger partial charge is 0.260 e. The number of amides is 1. The summed E-state index contributed by atoms with van der Waals surface area (Å²) in [7, 11) is 1.63. The zero-order valence-corrected chi connectivity index (χ0v) is 17.9. The zero-order chi connectivity index (χ0) is 21.1. The molecule has 0 N–H and O–H groups in total. The number of hydrogen-bond donors (Lipinski definition) is 0. The Morgan fingerprint density at radius 2 is 1.73 bits per heavy atom. The maximum absolute atomic E-state index is 12.5. The predicted molar refractivity (Wildman–Crippen MR) is 117 cm³/mol. The topological polar surface area (TPSA) is 56.6 Å². The van der Waals surface area contributed by atoms with E-state index in [1.165, 1.54) is 16.6 Å². The van der Waals surface area contributed by atoms with Crippen molar-refractivity contribution < 1.29 is 14.3 Å². The molecule has 1 aliphatic heterocycles. The van der Waals surface area contributed by atoms with Crippen LogP contribution < -0.4 is 9.47 Å². The Bertz CT molecular complexity index is 1020. The summed E-state index contributed by atoms with van der Waals surface area (Å²) < 4.78 is 13.0. The number of ether oxygens (including phenoxy) is 2. The van der Waals surface area contributed by atoms with Gasteiger partial charge in [0.1, 0.15) is 11.5 Å². The van der Waals surface area contributed by atoms with E-state index in [1.54, 1.807) is 7.11 Å². The van der Waals surface area contributed by atoms with Gasteiger partial charge in [0, 0.05) is 19.6 Å². The second-order valence-corrected chi connectivity index (χ2v) is 8.11. The van der Waals surface area contributed by atoms with Crippen LogP contribution in [0.4, 0.5) is 0 Å². The van der Waals surface area contributed by atoms with Gasteiger partial charge in [0.2, 0.25) is 0 Å². The minimum Gasteiger partial charge on any atom is -0.497 e. The van der Waals surface area contributed by atoms with Crippen molar-refractivity contribution in [2.75, 3.05) is 26.8 Å². The highest BCUT2D eigenvalue weighted by molar-refractivity contribution is 5.78. The van der Waals surface area contributed by atoms with Crippen molar-refractivity contribution in [1.29, 1.82) is 0 Å². The number of carbonyl (C=O) groups excluding carboxylic acids is 1. The monoisotopic (exact) mass is 407 g/mol. The van der Waals surface area contributed by atoms with Crippen LogP contribution in [0.15, 0.2) is 42.7 Å². The van der Waals surface area contributed by atoms with Gasteiger partial charge in [-0.05, 0) is 80.1 Å². The van der Waals surface area contributed by atoms with Crippen molar-refractivity contribution >= 4 is 16.9 Å². The molecule has 2 heterocycles. The Hall–Kier alpha value is -3.02. The van der Waals surface area contributed by atoms with Crippen molar-refractivity contribution in [2.24, 2.45) is 5.92 Å². The third-order valence-corrected chi connectivity index (χ3v) is 6.08. The van der Waals surface area contributed by atoms with E-state index in [4.69, 9.17) is 9.47 Å². The van der Waals surface area contributed by atoms with Crippen LogP contribution in [0.25, 0.3) is 11.0 Å². The van der Waals surface area contributed by atoms with E-state index >= 15 is 0 Å². The fourth-order valence-corrected chi connectivity index (χ4v) is 4.01. The lowest BCUT2D eigenvalue weighted by Gasteiger charge is -2.32. The van der Waals surface area contributed by atoms with E-state index in [0.717, 1.165) is 43.7 Å². The summed E-state index contributed by atoms with van der Waals surface area (Å²) in [6.07, 6.45) is 3.95. The lowest BCUT2D eigenvalue weighted by Crippen LogP contribution is -2.41. The molecule has 1 amide bonds. The standard InChI is InChI=1S/C24H29N3O3/c1-17-12-22-23(13-18(17)2)27(16-25-22)14-19-8-10-26(11-9-19)24(28)15-30-21-6-4-20(29-3)5-7-21/h4-7,12-13,16,19H,8-11,14-15H2,1-3H3. The van der Waals surface area contributed by atoms with Gasteiger partial charge in [-0.2, -0.15) is 0 Å². The summed E-state index contributed by atoms with van der Waals surface area (Å²) in [5, 5.41) is 0. The highest BCUT2D eigenvalue weighted by Crippen LogP contribution is 2.24. The quantitative estimate of drug-likeness (QED) is 0.620. The number of likely N-dealkylation sites (tertiary alicyclic amines) is 1. The van der Waals surface area contributed by atoms with Gasteiger partial charge in [-0.1, -0.05) is 0 Å². The summed E-state index contributed by atoms with van der Waals surface area (Å²) in [4.78, 5) is 19.0. The van der Waals surface area contributed by atoms with Crippen LogP contribution in [-0.2, 0) is 11.3 Å².